The second-order valence-electron chi connectivity index (χ2n) is 8.37. The minimum atomic E-state index is -0.0857. The van der Waals surface area contributed by atoms with Crippen LogP contribution in [0.1, 0.15) is 10.4 Å². The van der Waals surface area contributed by atoms with E-state index in [9.17, 15) is 9.59 Å². The van der Waals surface area contributed by atoms with Gasteiger partial charge in [-0.2, -0.15) is 11.3 Å². The van der Waals surface area contributed by atoms with Crippen molar-refractivity contribution in [1.29, 1.82) is 0 Å². The van der Waals surface area contributed by atoms with Crippen LogP contribution in [0.4, 0.5) is 0 Å². The summed E-state index contributed by atoms with van der Waals surface area (Å²) < 4.78 is 5.66. The van der Waals surface area contributed by atoms with Gasteiger partial charge < -0.3 is 19.4 Å². The van der Waals surface area contributed by atoms with Crippen LogP contribution in [-0.4, -0.2) is 79.9 Å². The molecule has 29 heavy (non-hydrogen) atoms. The minimum absolute atomic E-state index is 0.0112. The molecular formula is C22H27N3O3S. The van der Waals surface area contributed by atoms with Crippen molar-refractivity contribution in [3.8, 4) is 5.75 Å². The molecule has 154 valence electrons. The van der Waals surface area contributed by atoms with Crippen LogP contribution >= 0.6 is 11.3 Å². The van der Waals surface area contributed by atoms with Crippen molar-refractivity contribution in [2.45, 2.75) is 0 Å². The second kappa shape index (κ2) is 8.16. The number of rotatable bonds is 6. The smallest absolute Gasteiger partial charge is 0.260 e. The minimum Gasteiger partial charge on any atom is -0.484 e. The van der Waals surface area contributed by atoms with Crippen LogP contribution in [0, 0.1) is 11.3 Å². The summed E-state index contributed by atoms with van der Waals surface area (Å²) in [4.78, 5) is 31.7. The van der Waals surface area contributed by atoms with Crippen molar-refractivity contribution in [3.05, 3.63) is 52.7 Å². The fourth-order valence-electron chi connectivity index (χ4n) is 4.70. The van der Waals surface area contributed by atoms with Gasteiger partial charge in [-0.1, -0.05) is 18.2 Å². The van der Waals surface area contributed by atoms with E-state index in [1.54, 1.807) is 11.3 Å². The van der Waals surface area contributed by atoms with E-state index in [2.05, 4.69) is 19.0 Å². The topological polar surface area (TPSA) is 53.1 Å². The number of hydrogen-bond acceptors (Lipinski definition) is 5. The monoisotopic (exact) mass is 413 g/mol. The van der Waals surface area contributed by atoms with Crippen molar-refractivity contribution < 1.29 is 14.3 Å². The van der Waals surface area contributed by atoms with Crippen LogP contribution in [0.2, 0.25) is 0 Å². The maximum absolute atomic E-state index is 12.9. The number of carbonyl (C=O) groups is 2. The first kappa shape index (κ1) is 19.9. The third-order valence-electron chi connectivity index (χ3n) is 5.90. The van der Waals surface area contributed by atoms with Crippen LogP contribution in [0.3, 0.4) is 0 Å². The van der Waals surface area contributed by atoms with Gasteiger partial charge in [0.05, 0.1) is 5.56 Å². The van der Waals surface area contributed by atoms with E-state index in [1.165, 1.54) is 0 Å². The summed E-state index contributed by atoms with van der Waals surface area (Å²) >= 11 is 1.54. The SMILES string of the molecule is CN(C)CC12CN(C(=O)COc3ccccc3)CC1CN(C(=O)c1ccsc1)C2. The van der Waals surface area contributed by atoms with Gasteiger partial charge in [-0.05, 0) is 37.7 Å². The summed E-state index contributed by atoms with van der Waals surface area (Å²) in [5.74, 6) is 1.10. The van der Waals surface area contributed by atoms with Gasteiger partial charge in [-0.25, -0.2) is 0 Å². The number of thiophene rings is 1. The number of benzene rings is 1. The van der Waals surface area contributed by atoms with E-state index in [0.29, 0.717) is 31.9 Å². The summed E-state index contributed by atoms with van der Waals surface area (Å²) in [7, 11) is 4.11. The largest absolute Gasteiger partial charge is 0.484 e. The van der Waals surface area contributed by atoms with Crippen LogP contribution in [-0.2, 0) is 4.79 Å². The Morgan fingerprint density at radius 1 is 1.14 bits per heavy atom. The number of ether oxygens (including phenoxy) is 1. The molecule has 2 aliphatic heterocycles. The van der Waals surface area contributed by atoms with E-state index in [-0.39, 0.29) is 29.8 Å². The molecule has 0 saturated carbocycles. The summed E-state index contributed by atoms with van der Waals surface area (Å²) in [6.45, 7) is 3.64. The number of nitrogens with zero attached hydrogens (tertiary/aromatic N) is 3. The zero-order valence-electron chi connectivity index (χ0n) is 16.9. The molecule has 2 fully saturated rings. The molecule has 6 nitrogen and oxygen atoms in total. The number of hydrogen-bond donors (Lipinski definition) is 0. The van der Waals surface area contributed by atoms with Gasteiger partial charge in [0.25, 0.3) is 11.8 Å². The molecule has 7 heteroatoms. The molecular weight excluding hydrogens is 386 g/mol. The normalized spacial score (nSPS) is 23.5. The van der Waals surface area contributed by atoms with Gasteiger partial charge in [0, 0.05) is 49.4 Å². The first-order valence-electron chi connectivity index (χ1n) is 9.89. The highest BCUT2D eigenvalue weighted by Gasteiger charge is 2.54. The van der Waals surface area contributed by atoms with E-state index in [0.717, 1.165) is 12.1 Å². The Hall–Kier alpha value is -2.38. The average molecular weight is 414 g/mol. The third kappa shape index (κ3) is 4.16. The molecule has 0 radical (unpaired) electrons. The molecule has 1 aromatic carbocycles. The standard InChI is InChI=1S/C22H27N3O3S/c1-23(2)14-22-15-24(20(26)12-28-19-6-4-3-5-7-19)10-18(22)11-25(16-22)21(27)17-8-9-29-13-17/h3-9,13,18H,10-12,14-16H2,1-2H3. The lowest BCUT2D eigenvalue weighted by Crippen LogP contribution is -2.44. The lowest BCUT2D eigenvalue weighted by Gasteiger charge is -2.32. The molecule has 0 aliphatic carbocycles. The van der Waals surface area contributed by atoms with Crippen molar-refractivity contribution in [2.24, 2.45) is 11.3 Å². The fourth-order valence-corrected chi connectivity index (χ4v) is 5.33. The molecule has 4 rings (SSSR count). The Kier molecular flexibility index (Phi) is 5.61. The van der Waals surface area contributed by atoms with Crippen molar-refractivity contribution in [1.82, 2.24) is 14.7 Å². The first-order valence-corrected chi connectivity index (χ1v) is 10.8. The van der Waals surface area contributed by atoms with Crippen LogP contribution in [0.15, 0.2) is 47.2 Å². The van der Waals surface area contributed by atoms with E-state index in [4.69, 9.17) is 4.74 Å². The second-order valence-corrected chi connectivity index (χ2v) is 9.15. The highest BCUT2D eigenvalue weighted by atomic mass is 32.1. The molecule has 3 heterocycles. The molecule has 2 aliphatic rings. The maximum Gasteiger partial charge on any atom is 0.260 e. The van der Waals surface area contributed by atoms with Gasteiger partial charge in [0.2, 0.25) is 0 Å². The Balaban J connectivity index is 1.43. The lowest BCUT2D eigenvalue weighted by atomic mass is 9.80. The summed E-state index contributed by atoms with van der Waals surface area (Å²) in [6, 6.07) is 11.3. The lowest BCUT2D eigenvalue weighted by molar-refractivity contribution is -0.132. The number of likely N-dealkylation sites (tertiary alicyclic amines) is 2. The van der Waals surface area contributed by atoms with Crippen LogP contribution in [0.25, 0.3) is 0 Å². The summed E-state index contributed by atoms with van der Waals surface area (Å²) in [6.07, 6.45) is 0. The van der Waals surface area contributed by atoms with Crippen molar-refractivity contribution >= 4 is 23.2 Å². The maximum atomic E-state index is 12.9. The highest BCUT2D eigenvalue weighted by molar-refractivity contribution is 7.08. The Bertz CT molecular complexity index is 855. The molecule has 1 aromatic heterocycles. The number of carbonyl (C=O) groups excluding carboxylic acids is 2. The molecule has 2 saturated heterocycles. The van der Waals surface area contributed by atoms with Crippen molar-refractivity contribution in [3.63, 3.8) is 0 Å². The Labute approximate surface area is 175 Å². The Morgan fingerprint density at radius 2 is 1.86 bits per heavy atom. The molecule has 2 aromatic rings. The number of para-hydroxylation sites is 1. The Morgan fingerprint density at radius 3 is 2.55 bits per heavy atom. The average Bonchev–Trinajstić information content (AvgIpc) is 3.40. The van der Waals surface area contributed by atoms with Crippen molar-refractivity contribution in [2.75, 3.05) is 53.4 Å². The predicted octanol–water partition coefficient (Wildman–Crippen LogP) is 2.29. The van der Waals surface area contributed by atoms with Crippen LogP contribution in [0.5, 0.6) is 5.75 Å². The van der Waals surface area contributed by atoms with Crippen LogP contribution < -0.4 is 4.74 Å². The van der Waals surface area contributed by atoms with E-state index >= 15 is 0 Å². The highest BCUT2D eigenvalue weighted by Crippen LogP contribution is 2.43. The first-order chi connectivity index (χ1) is 14.0. The molecule has 0 N–H and O–H groups in total. The van der Waals surface area contributed by atoms with Gasteiger partial charge in [0.15, 0.2) is 6.61 Å². The van der Waals surface area contributed by atoms with Gasteiger partial charge in [-0.15, -0.1) is 0 Å². The molecule has 2 atom stereocenters. The molecule has 2 unspecified atom stereocenters. The predicted molar refractivity (Wildman–Crippen MR) is 113 cm³/mol. The van der Waals surface area contributed by atoms with E-state index in [1.807, 2.05) is 57.0 Å². The quantitative estimate of drug-likeness (QED) is 0.729. The van der Waals surface area contributed by atoms with E-state index < -0.39 is 0 Å². The number of amides is 2. The fraction of sp³-hybridized carbons (Fsp3) is 0.455. The summed E-state index contributed by atoms with van der Waals surface area (Å²) in [5.41, 5.74) is 0.677. The third-order valence-corrected chi connectivity index (χ3v) is 6.59. The zero-order chi connectivity index (χ0) is 20.4. The number of fused-ring (bicyclic) bond motifs is 1. The molecule has 2 amide bonds. The van der Waals surface area contributed by atoms with Gasteiger partial charge >= 0.3 is 0 Å². The molecule has 0 bridgehead atoms. The molecule has 0 spiro atoms. The van der Waals surface area contributed by atoms with Gasteiger partial charge in [-0.3, -0.25) is 9.59 Å². The summed E-state index contributed by atoms with van der Waals surface area (Å²) in [5, 5.41) is 3.85. The van der Waals surface area contributed by atoms with Gasteiger partial charge in [0.1, 0.15) is 5.75 Å². The zero-order valence-corrected chi connectivity index (χ0v) is 17.7.